The predicted octanol–water partition coefficient (Wildman–Crippen LogP) is 5.13. The molecule has 0 aliphatic carbocycles. The van der Waals surface area contributed by atoms with Crippen molar-refractivity contribution in [1.82, 2.24) is 4.98 Å². The second-order valence-electron chi connectivity index (χ2n) is 7.97. The molecular weight excluding hydrogens is 456 g/mol. The number of ketones is 2. The Morgan fingerprint density at radius 1 is 1.24 bits per heavy atom. The second-order valence-corrected chi connectivity index (χ2v) is 8.95. The Balaban J connectivity index is 1.87. The fraction of sp³-hybridized carbons (Fsp3) is 0.280. The van der Waals surface area contributed by atoms with Gasteiger partial charge >= 0.3 is 0 Å². The van der Waals surface area contributed by atoms with Gasteiger partial charge in [0.1, 0.15) is 11.5 Å². The van der Waals surface area contributed by atoms with Crippen LogP contribution in [0.2, 0.25) is 0 Å². The summed E-state index contributed by atoms with van der Waals surface area (Å²) in [7, 11) is 0. The number of hydrogen-bond donors (Lipinski definition) is 1. The van der Waals surface area contributed by atoms with Crippen molar-refractivity contribution in [3.05, 3.63) is 75.4 Å². The van der Waals surface area contributed by atoms with E-state index in [9.17, 15) is 19.5 Å². The van der Waals surface area contributed by atoms with Crippen molar-refractivity contribution in [3.63, 3.8) is 0 Å². The van der Waals surface area contributed by atoms with Crippen LogP contribution in [0.15, 0.2) is 52.1 Å². The Kier molecular flexibility index (Phi) is 6.39. The van der Waals surface area contributed by atoms with E-state index in [1.807, 2.05) is 6.92 Å². The van der Waals surface area contributed by atoms with Crippen LogP contribution in [0.5, 0.6) is 5.75 Å². The molecule has 3 heterocycles. The zero-order valence-corrected chi connectivity index (χ0v) is 20.1. The number of carbonyl (C=O) groups excluding carboxylic acids is 3. The van der Waals surface area contributed by atoms with Crippen LogP contribution in [0.1, 0.15) is 63.6 Å². The molecule has 1 amide bonds. The van der Waals surface area contributed by atoms with Gasteiger partial charge in [0.2, 0.25) is 5.78 Å². The summed E-state index contributed by atoms with van der Waals surface area (Å²) in [6, 6.07) is 9.16. The summed E-state index contributed by atoms with van der Waals surface area (Å²) in [6.07, 6.45) is 0.812. The van der Waals surface area contributed by atoms with Crippen molar-refractivity contribution in [1.29, 1.82) is 0 Å². The molecule has 0 unspecified atom stereocenters. The first-order valence-electron chi connectivity index (χ1n) is 10.8. The lowest BCUT2D eigenvalue weighted by molar-refractivity contribution is -0.117. The van der Waals surface area contributed by atoms with Gasteiger partial charge in [0.15, 0.2) is 22.4 Å². The molecule has 0 radical (unpaired) electrons. The number of aliphatic hydroxyl groups is 1. The van der Waals surface area contributed by atoms with E-state index in [0.29, 0.717) is 34.3 Å². The van der Waals surface area contributed by atoms with Gasteiger partial charge in [0.25, 0.3) is 5.91 Å². The lowest BCUT2D eigenvalue weighted by Crippen LogP contribution is -2.31. The number of thiazole rings is 1. The first-order valence-corrected chi connectivity index (χ1v) is 11.6. The number of aliphatic hydroxyl groups excluding tert-OH is 1. The molecule has 0 saturated heterocycles. The van der Waals surface area contributed by atoms with Crippen LogP contribution >= 0.6 is 11.3 Å². The molecule has 34 heavy (non-hydrogen) atoms. The molecule has 0 saturated carbocycles. The first-order chi connectivity index (χ1) is 16.2. The van der Waals surface area contributed by atoms with Crippen molar-refractivity contribution >= 4 is 33.9 Å². The Hall–Kier alpha value is -3.72. The summed E-state index contributed by atoms with van der Waals surface area (Å²) in [4.78, 5) is 44.8. The molecule has 1 atom stereocenters. The smallest absolute Gasteiger partial charge is 0.296 e. The number of hydrogen-bond acceptors (Lipinski definition) is 8. The monoisotopic (exact) mass is 480 g/mol. The lowest BCUT2D eigenvalue weighted by atomic mass is 9.95. The van der Waals surface area contributed by atoms with Crippen LogP contribution in [0.3, 0.4) is 0 Å². The van der Waals surface area contributed by atoms with Gasteiger partial charge < -0.3 is 14.3 Å². The Labute approximate surface area is 200 Å². The molecule has 0 spiro atoms. The zero-order chi connectivity index (χ0) is 24.6. The van der Waals surface area contributed by atoms with Crippen molar-refractivity contribution < 1.29 is 28.6 Å². The average Bonchev–Trinajstić information content (AvgIpc) is 3.48. The van der Waals surface area contributed by atoms with Gasteiger partial charge in [-0.05, 0) is 50.1 Å². The van der Waals surface area contributed by atoms with E-state index in [1.54, 1.807) is 44.2 Å². The minimum Gasteiger partial charge on any atom is -0.503 e. The lowest BCUT2D eigenvalue weighted by Gasteiger charge is -2.24. The van der Waals surface area contributed by atoms with E-state index in [-0.39, 0.29) is 22.2 Å². The molecule has 4 rings (SSSR count). The van der Waals surface area contributed by atoms with Gasteiger partial charge in [-0.15, -0.1) is 0 Å². The highest BCUT2D eigenvalue weighted by atomic mass is 32.1. The highest BCUT2D eigenvalue weighted by molar-refractivity contribution is 7.17. The summed E-state index contributed by atoms with van der Waals surface area (Å²) in [5.41, 5.74) is 0.902. The predicted molar refractivity (Wildman–Crippen MR) is 127 cm³/mol. The van der Waals surface area contributed by atoms with E-state index in [4.69, 9.17) is 9.15 Å². The number of anilines is 1. The maximum Gasteiger partial charge on any atom is 0.296 e. The standard InChI is InChI=1S/C25H24N2O6S/c1-5-11-32-17-8-6-7-16(12-17)20-19(21(29)18-10-9-13(2)33-18)22(30)24(31)27(20)25-26-14(3)23(34-25)15(4)28/h6-10,12,20,30H,5,11H2,1-4H3/t20-/m1/s1. The molecule has 1 N–H and O–H groups in total. The van der Waals surface area contributed by atoms with Crippen LogP contribution in [-0.4, -0.2) is 34.2 Å². The quantitative estimate of drug-likeness (QED) is 0.445. The Morgan fingerprint density at radius 3 is 2.62 bits per heavy atom. The molecular formula is C25H24N2O6S. The molecule has 3 aromatic rings. The van der Waals surface area contributed by atoms with Gasteiger partial charge in [-0.25, -0.2) is 4.98 Å². The van der Waals surface area contributed by atoms with E-state index in [0.717, 1.165) is 17.8 Å². The number of benzene rings is 1. The molecule has 9 heteroatoms. The number of aryl methyl sites for hydroxylation is 2. The van der Waals surface area contributed by atoms with Crippen LogP contribution in [0.25, 0.3) is 0 Å². The summed E-state index contributed by atoms with van der Waals surface area (Å²) in [6.45, 7) is 7.29. The summed E-state index contributed by atoms with van der Waals surface area (Å²) < 4.78 is 11.2. The largest absolute Gasteiger partial charge is 0.503 e. The molecule has 8 nitrogen and oxygen atoms in total. The van der Waals surface area contributed by atoms with Gasteiger partial charge in [-0.3, -0.25) is 19.3 Å². The van der Waals surface area contributed by atoms with Crippen molar-refractivity contribution in [3.8, 4) is 5.75 Å². The van der Waals surface area contributed by atoms with E-state index in [1.165, 1.54) is 17.9 Å². The number of nitrogens with zero attached hydrogens (tertiary/aromatic N) is 2. The third-order valence-electron chi connectivity index (χ3n) is 5.37. The SMILES string of the molecule is CCCOc1cccc([C@@H]2C(C(=O)c3ccc(C)o3)=C(O)C(=O)N2c2nc(C)c(C(C)=O)s2)c1. The number of aromatic nitrogens is 1. The topological polar surface area (TPSA) is 110 Å². The van der Waals surface area contributed by atoms with Crippen molar-refractivity contribution in [2.75, 3.05) is 11.5 Å². The molecule has 2 aromatic heterocycles. The molecule has 176 valence electrons. The summed E-state index contributed by atoms with van der Waals surface area (Å²) >= 11 is 1.04. The highest BCUT2D eigenvalue weighted by Gasteiger charge is 2.46. The highest BCUT2D eigenvalue weighted by Crippen LogP contribution is 2.44. The molecule has 1 aromatic carbocycles. The fourth-order valence-corrected chi connectivity index (χ4v) is 4.83. The Morgan fingerprint density at radius 2 is 2.00 bits per heavy atom. The minimum atomic E-state index is -0.985. The number of rotatable bonds is 8. The molecule has 1 aliphatic rings. The number of amides is 1. The van der Waals surface area contributed by atoms with Crippen molar-refractivity contribution in [2.45, 2.75) is 40.2 Å². The minimum absolute atomic E-state index is 0.0110. The Bertz CT molecular complexity index is 1320. The molecule has 1 aliphatic heterocycles. The maximum atomic E-state index is 13.4. The first kappa shape index (κ1) is 23.4. The van der Waals surface area contributed by atoms with E-state index in [2.05, 4.69) is 4.98 Å². The zero-order valence-electron chi connectivity index (χ0n) is 19.2. The molecule has 0 fully saturated rings. The van der Waals surface area contributed by atoms with Crippen molar-refractivity contribution in [2.24, 2.45) is 0 Å². The molecule has 0 bridgehead atoms. The number of ether oxygens (including phenoxy) is 1. The maximum absolute atomic E-state index is 13.4. The van der Waals surface area contributed by atoms with Crippen LogP contribution in [-0.2, 0) is 4.79 Å². The van der Waals surface area contributed by atoms with Gasteiger partial charge in [0.05, 0.1) is 28.8 Å². The van der Waals surface area contributed by atoms with E-state index < -0.39 is 23.5 Å². The number of carbonyl (C=O) groups is 3. The van der Waals surface area contributed by atoms with Crippen LogP contribution < -0.4 is 9.64 Å². The van der Waals surface area contributed by atoms with Gasteiger partial charge in [-0.1, -0.05) is 30.4 Å². The number of furan rings is 1. The van der Waals surface area contributed by atoms with E-state index >= 15 is 0 Å². The van der Waals surface area contributed by atoms with Crippen LogP contribution in [0, 0.1) is 13.8 Å². The van der Waals surface area contributed by atoms with Gasteiger partial charge in [0, 0.05) is 6.92 Å². The van der Waals surface area contributed by atoms with Crippen LogP contribution in [0.4, 0.5) is 5.13 Å². The number of Topliss-reactive ketones (excluding diaryl/α,β-unsaturated/α-hetero) is 2. The normalized spacial score (nSPS) is 15.8. The second kappa shape index (κ2) is 9.26. The summed E-state index contributed by atoms with van der Waals surface area (Å²) in [5, 5.41) is 11.1. The summed E-state index contributed by atoms with van der Waals surface area (Å²) in [5.74, 6) is -1.14. The third kappa shape index (κ3) is 4.14. The third-order valence-corrected chi connectivity index (χ3v) is 6.63. The van der Waals surface area contributed by atoms with Gasteiger partial charge in [-0.2, -0.15) is 0 Å². The fourth-order valence-electron chi connectivity index (χ4n) is 3.85. The average molecular weight is 481 g/mol.